The lowest BCUT2D eigenvalue weighted by molar-refractivity contribution is 0.559. The number of hydrogen-bond donors (Lipinski definition) is 0. The molecule has 10 aromatic rings. The van der Waals surface area contributed by atoms with Gasteiger partial charge in [-0.25, -0.2) is 0 Å². The lowest BCUT2D eigenvalue weighted by Crippen LogP contribution is -2.19. The number of furan rings is 1. The van der Waals surface area contributed by atoms with Crippen LogP contribution >= 0.6 is 0 Å². The SMILES string of the molecule is CC(C)(C)c1cc(C(C)(C)C)c2oc3c(C#N)cc4c(c5cc(C(C)(C)C)cc6c7cc8c(cc7n4c65)c(=O)n(-c4ccccc4)c4ccccc84)c3c2c1. The van der Waals surface area contributed by atoms with Gasteiger partial charge in [-0.1, -0.05) is 105 Å². The van der Waals surface area contributed by atoms with Crippen molar-refractivity contribution in [1.29, 1.82) is 5.26 Å². The molecule has 0 unspecified atom stereocenters. The number of fused-ring (bicyclic) bond motifs is 13. The minimum Gasteiger partial charge on any atom is -0.454 e. The molecule has 0 atom stereocenters. The van der Waals surface area contributed by atoms with E-state index in [1.807, 2.05) is 59.2 Å². The number of pyridine rings is 1. The zero-order chi connectivity index (χ0) is 38.5. The Hall–Kier alpha value is -6.12. The van der Waals surface area contributed by atoms with Gasteiger partial charge in [-0.2, -0.15) is 5.26 Å². The first-order valence-electron chi connectivity index (χ1n) is 19.2. The highest BCUT2D eigenvalue weighted by molar-refractivity contribution is 6.33. The summed E-state index contributed by atoms with van der Waals surface area (Å²) in [7, 11) is 0. The van der Waals surface area contributed by atoms with Gasteiger partial charge in [0.15, 0.2) is 5.58 Å². The third kappa shape index (κ3) is 4.55. The van der Waals surface area contributed by atoms with Gasteiger partial charge >= 0.3 is 0 Å². The molecule has 0 spiro atoms. The van der Waals surface area contributed by atoms with Crippen molar-refractivity contribution < 1.29 is 4.42 Å². The van der Waals surface area contributed by atoms with Gasteiger partial charge in [-0.05, 0) is 87.4 Å². The Bertz CT molecular complexity index is 3380. The molecule has 0 radical (unpaired) electrons. The van der Waals surface area contributed by atoms with Crippen LogP contribution in [0.25, 0.3) is 87.4 Å². The maximum atomic E-state index is 14.8. The fraction of sp³-hybridized carbons (Fsp3) is 0.240. The molecule has 10 rings (SSSR count). The summed E-state index contributed by atoms with van der Waals surface area (Å²) < 4.78 is 11.0. The number of nitrogens with zero attached hydrogens (tertiary/aromatic N) is 3. The molecule has 5 nitrogen and oxygen atoms in total. The number of hydrogen-bond acceptors (Lipinski definition) is 3. The fourth-order valence-electron chi connectivity index (χ4n) is 8.99. The first-order chi connectivity index (χ1) is 26.1. The number of rotatable bonds is 1. The first kappa shape index (κ1) is 33.4. The Morgan fingerprint density at radius 2 is 1.20 bits per heavy atom. The Morgan fingerprint density at radius 3 is 1.89 bits per heavy atom. The second-order valence-corrected chi connectivity index (χ2v) is 18.6. The summed E-state index contributed by atoms with van der Waals surface area (Å²) in [5.74, 6) is 0. The second-order valence-electron chi connectivity index (χ2n) is 18.6. The van der Waals surface area contributed by atoms with E-state index in [-0.39, 0.29) is 21.8 Å². The number of benzene rings is 6. The highest BCUT2D eigenvalue weighted by atomic mass is 16.3. The molecular weight excluding hydrogens is 675 g/mol. The van der Waals surface area contributed by atoms with Crippen LogP contribution in [0.5, 0.6) is 0 Å². The molecule has 5 heteroatoms. The molecule has 4 heterocycles. The van der Waals surface area contributed by atoms with Crippen molar-refractivity contribution in [2.24, 2.45) is 0 Å². The van der Waals surface area contributed by atoms with E-state index in [9.17, 15) is 10.1 Å². The lowest BCUT2D eigenvalue weighted by Gasteiger charge is -2.25. The summed E-state index contributed by atoms with van der Waals surface area (Å²) in [6.07, 6.45) is 0. The van der Waals surface area contributed by atoms with Crippen molar-refractivity contribution in [3.63, 3.8) is 0 Å². The summed E-state index contributed by atoms with van der Waals surface area (Å²) >= 11 is 0. The zero-order valence-electron chi connectivity index (χ0n) is 32.9. The summed E-state index contributed by atoms with van der Waals surface area (Å²) in [6.45, 7) is 20.2. The topological polar surface area (TPSA) is 63.3 Å². The van der Waals surface area contributed by atoms with Crippen LogP contribution in [0.2, 0.25) is 0 Å². The molecular formula is C50H43N3O2. The van der Waals surface area contributed by atoms with Gasteiger partial charge in [0.1, 0.15) is 11.7 Å². The van der Waals surface area contributed by atoms with Crippen molar-refractivity contribution in [2.75, 3.05) is 0 Å². The first-order valence-corrected chi connectivity index (χ1v) is 19.2. The van der Waals surface area contributed by atoms with E-state index in [2.05, 4.69) is 115 Å². The van der Waals surface area contributed by atoms with Gasteiger partial charge in [0.25, 0.3) is 5.56 Å². The van der Waals surface area contributed by atoms with E-state index in [0.717, 1.165) is 82.0 Å². The molecule has 0 amide bonds. The predicted octanol–water partition coefficient (Wildman–Crippen LogP) is 13.0. The predicted molar refractivity (Wildman–Crippen MR) is 230 cm³/mol. The number of para-hydroxylation sites is 2. The fourth-order valence-corrected chi connectivity index (χ4v) is 8.99. The minimum absolute atomic E-state index is 0.0629. The monoisotopic (exact) mass is 717 g/mol. The molecule has 4 aromatic heterocycles. The van der Waals surface area contributed by atoms with Crippen LogP contribution in [0.4, 0.5) is 0 Å². The largest absolute Gasteiger partial charge is 0.454 e. The molecule has 0 N–H and O–H groups in total. The molecule has 0 saturated heterocycles. The second kappa shape index (κ2) is 10.8. The molecule has 0 bridgehead atoms. The van der Waals surface area contributed by atoms with Gasteiger partial charge in [0.2, 0.25) is 0 Å². The standard InChI is InChI=1S/C50H43N3O2/c1-48(2,3)28-20-34-33-24-32-31-17-13-14-18-39(31)52(30-15-11-10-12-16-30)47(54)35(32)25-40(33)53-41-19-27(26-51)45-43(42(41)36(21-28)44(34)53)37-22-29(49(4,5)6)23-38(46(37)55-45)50(7,8)9/h10-25H,1-9H3. The zero-order valence-corrected chi connectivity index (χ0v) is 32.9. The van der Waals surface area contributed by atoms with Crippen molar-refractivity contribution in [3.8, 4) is 11.8 Å². The summed E-state index contributed by atoms with van der Waals surface area (Å²) in [5, 5.41) is 19.8. The Morgan fingerprint density at radius 1 is 0.545 bits per heavy atom. The van der Waals surface area contributed by atoms with Gasteiger partial charge in [0, 0.05) is 49.0 Å². The molecule has 0 aliphatic carbocycles. The highest BCUT2D eigenvalue weighted by Gasteiger charge is 2.30. The van der Waals surface area contributed by atoms with Crippen LogP contribution in [-0.4, -0.2) is 8.97 Å². The molecule has 0 saturated carbocycles. The third-order valence-electron chi connectivity index (χ3n) is 11.9. The van der Waals surface area contributed by atoms with E-state index in [4.69, 9.17) is 4.42 Å². The Kier molecular flexibility index (Phi) is 6.55. The van der Waals surface area contributed by atoms with E-state index >= 15 is 0 Å². The number of aromatic nitrogens is 2. The van der Waals surface area contributed by atoms with Crippen LogP contribution in [-0.2, 0) is 16.2 Å². The number of nitriles is 1. The van der Waals surface area contributed by atoms with Gasteiger partial charge < -0.3 is 8.82 Å². The molecule has 270 valence electrons. The Balaban J connectivity index is 1.47. The lowest BCUT2D eigenvalue weighted by atomic mass is 9.79. The van der Waals surface area contributed by atoms with Crippen LogP contribution in [0.15, 0.2) is 106 Å². The summed E-state index contributed by atoms with van der Waals surface area (Å²) in [4.78, 5) is 14.8. The summed E-state index contributed by atoms with van der Waals surface area (Å²) in [6, 6.07) is 36.2. The third-order valence-corrected chi connectivity index (χ3v) is 11.9. The van der Waals surface area contributed by atoms with E-state index < -0.39 is 0 Å². The normalized spacial score (nSPS) is 13.2. The quantitative estimate of drug-likeness (QED) is 0.159. The van der Waals surface area contributed by atoms with Crippen LogP contribution < -0.4 is 5.56 Å². The minimum atomic E-state index is -0.192. The highest BCUT2D eigenvalue weighted by Crippen LogP contribution is 2.49. The maximum absolute atomic E-state index is 14.8. The maximum Gasteiger partial charge on any atom is 0.263 e. The van der Waals surface area contributed by atoms with Crippen molar-refractivity contribution in [3.05, 3.63) is 130 Å². The molecule has 6 aromatic carbocycles. The smallest absolute Gasteiger partial charge is 0.263 e. The van der Waals surface area contributed by atoms with Crippen molar-refractivity contribution >= 4 is 81.7 Å². The average Bonchev–Trinajstić information content (AvgIpc) is 3.79. The molecule has 0 aliphatic heterocycles. The van der Waals surface area contributed by atoms with Gasteiger partial charge in [-0.3, -0.25) is 9.36 Å². The van der Waals surface area contributed by atoms with Crippen LogP contribution in [0.1, 0.15) is 84.6 Å². The van der Waals surface area contributed by atoms with E-state index in [0.29, 0.717) is 16.5 Å². The van der Waals surface area contributed by atoms with Crippen LogP contribution in [0, 0.1) is 11.3 Å². The van der Waals surface area contributed by atoms with E-state index in [1.54, 1.807) is 0 Å². The van der Waals surface area contributed by atoms with Crippen molar-refractivity contribution in [2.45, 2.75) is 78.6 Å². The molecule has 0 aliphatic rings. The van der Waals surface area contributed by atoms with Gasteiger partial charge in [-0.15, -0.1) is 0 Å². The molecule has 55 heavy (non-hydrogen) atoms. The summed E-state index contributed by atoms with van der Waals surface area (Å²) in [5.41, 5.74) is 9.73. The van der Waals surface area contributed by atoms with Gasteiger partial charge in [0.05, 0.1) is 33.0 Å². The average molecular weight is 718 g/mol. The molecule has 0 fully saturated rings. The van der Waals surface area contributed by atoms with E-state index in [1.165, 1.54) is 11.1 Å². The Labute approximate surface area is 319 Å². The van der Waals surface area contributed by atoms with Crippen molar-refractivity contribution in [1.82, 2.24) is 8.97 Å². The van der Waals surface area contributed by atoms with Crippen LogP contribution in [0.3, 0.4) is 0 Å².